The summed E-state index contributed by atoms with van der Waals surface area (Å²) in [7, 11) is 0. The molecule has 11 heteroatoms. The number of rotatable bonds is 8. The molecule has 10 nitrogen and oxygen atoms in total. The Morgan fingerprint density at radius 3 is 2.59 bits per heavy atom. The smallest absolute Gasteiger partial charge is 0.323 e. The van der Waals surface area contributed by atoms with Gasteiger partial charge in [-0.2, -0.15) is 0 Å². The average molecular weight is 526 g/mol. The first-order valence-electron chi connectivity index (χ1n) is 12.6. The minimum Gasteiger partial charge on any atom is -0.463 e. The molecule has 3 atom stereocenters. The lowest BCUT2D eigenvalue weighted by atomic mass is 10.1. The Balaban J connectivity index is 1.31. The van der Waals surface area contributed by atoms with E-state index in [1.807, 2.05) is 56.4 Å². The summed E-state index contributed by atoms with van der Waals surface area (Å²) in [6.45, 7) is 5.83. The lowest BCUT2D eigenvalue weighted by Gasteiger charge is -2.34. The first kappa shape index (κ1) is 26.8. The summed E-state index contributed by atoms with van der Waals surface area (Å²) >= 11 is 5.32. The number of anilines is 1. The van der Waals surface area contributed by atoms with Crippen molar-refractivity contribution in [3.63, 3.8) is 0 Å². The molecule has 2 bridgehead atoms. The van der Waals surface area contributed by atoms with E-state index in [0.29, 0.717) is 17.2 Å². The van der Waals surface area contributed by atoms with Crippen molar-refractivity contribution in [2.24, 2.45) is 16.6 Å². The second-order valence-corrected chi connectivity index (χ2v) is 10.0. The molecule has 2 fully saturated rings. The number of nitrogens with zero attached hydrogens (tertiary/aromatic N) is 2. The Bertz CT molecular complexity index is 1110. The second kappa shape index (κ2) is 12.3. The molecule has 2 aliphatic rings. The number of morpholine rings is 1. The molecule has 0 spiro atoms. The number of hydrogen-bond donors (Lipinski definition) is 5. The van der Waals surface area contributed by atoms with Crippen LogP contribution in [0.3, 0.4) is 0 Å². The van der Waals surface area contributed by atoms with Gasteiger partial charge in [0.25, 0.3) is 0 Å². The van der Waals surface area contributed by atoms with Crippen LogP contribution >= 0.6 is 12.2 Å². The van der Waals surface area contributed by atoms with E-state index in [0.717, 1.165) is 43.1 Å². The minimum absolute atomic E-state index is 0.0212. The Morgan fingerprint density at radius 1 is 1.27 bits per heavy atom. The van der Waals surface area contributed by atoms with Crippen LogP contribution in [0.1, 0.15) is 37.9 Å². The highest BCUT2D eigenvalue weighted by Gasteiger charge is 2.35. The van der Waals surface area contributed by atoms with Gasteiger partial charge in [0.2, 0.25) is 0 Å². The number of carbonyl (C=O) groups excluding carboxylic acids is 1. The van der Waals surface area contributed by atoms with E-state index in [-0.39, 0.29) is 30.6 Å². The minimum atomic E-state index is -0.630. The molecule has 2 aromatic rings. The number of hydrogen-bond acceptors (Lipinski definition) is 6. The summed E-state index contributed by atoms with van der Waals surface area (Å²) in [5.74, 6) is 0.541. The molecule has 1 aromatic carbocycles. The van der Waals surface area contributed by atoms with Crippen LogP contribution in [-0.2, 0) is 14.3 Å². The third-order valence-electron chi connectivity index (χ3n) is 6.44. The van der Waals surface area contributed by atoms with Crippen molar-refractivity contribution in [3.05, 3.63) is 53.9 Å². The van der Waals surface area contributed by atoms with Gasteiger partial charge in [-0.1, -0.05) is 13.8 Å². The second-order valence-electron chi connectivity index (χ2n) is 9.63. The zero-order chi connectivity index (χ0) is 26.4. The van der Waals surface area contributed by atoms with Crippen molar-refractivity contribution in [1.29, 1.82) is 5.41 Å². The largest absolute Gasteiger partial charge is 0.463 e. The Labute approximate surface area is 222 Å². The van der Waals surface area contributed by atoms with E-state index in [2.05, 4.69) is 20.5 Å². The molecule has 0 amide bonds. The highest BCUT2D eigenvalue weighted by atomic mass is 32.1. The predicted octanol–water partition coefficient (Wildman–Crippen LogP) is 2.46. The van der Waals surface area contributed by atoms with Crippen molar-refractivity contribution in [1.82, 2.24) is 15.2 Å². The van der Waals surface area contributed by atoms with E-state index >= 15 is 0 Å². The maximum Gasteiger partial charge on any atom is 0.323 e. The van der Waals surface area contributed by atoms with E-state index in [1.165, 1.54) is 0 Å². The van der Waals surface area contributed by atoms with Crippen LogP contribution < -0.4 is 16.4 Å². The molecule has 4 rings (SSSR count). The fraction of sp³-hybridized carbons (Fsp3) is 0.462. The molecule has 3 heterocycles. The number of nitrogens with one attached hydrogen (secondary N) is 4. The Kier molecular flexibility index (Phi) is 8.91. The first-order valence-corrected chi connectivity index (χ1v) is 13.0. The molecule has 2 saturated heterocycles. The summed E-state index contributed by atoms with van der Waals surface area (Å²) in [5.41, 5.74) is 8.12. The van der Waals surface area contributed by atoms with Gasteiger partial charge in [0, 0.05) is 30.5 Å². The van der Waals surface area contributed by atoms with Crippen LogP contribution in [0, 0.1) is 11.3 Å². The van der Waals surface area contributed by atoms with Gasteiger partial charge in [0.05, 0.1) is 24.4 Å². The molecule has 0 aliphatic carbocycles. The van der Waals surface area contributed by atoms with Gasteiger partial charge in [0.15, 0.2) is 16.8 Å². The number of esters is 1. The van der Waals surface area contributed by atoms with Crippen LogP contribution in [0.2, 0.25) is 0 Å². The molecular weight excluding hydrogens is 490 g/mol. The van der Waals surface area contributed by atoms with Crippen LogP contribution in [0.4, 0.5) is 5.69 Å². The van der Waals surface area contributed by atoms with Crippen LogP contribution in [0.15, 0.2) is 47.6 Å². The maximum absolute atomic E-state index is 11.8. The van der Waals surface area contributed by atoms with Crippen LogP contribution in [0.5, 0.6) is 0 Å². The molecule has 198 valence electrons. The molecule has 37 heavy (non-hydrogen) atoms. The highest BCUT2D eigenvalue weighted by molar-refractivity contribution is 7.80. The third-order valence-corrected chi connectivity index (χ3v) is 6.68. The number of ether oxygens (including phenoxy) is 2. The third kappa shape index (κ3) is 7.15. The molecular formula is C26H35N7O3S. The van der Waals surface area contributed by atoms with E-state index in [9.17, 15) is 4.79 Å². The average Bonchev–Trinajstić information content (AvgIpc) is 3.54. The van der Waals surface area contributed by atoms with Gasteiger partial charge in [0.1, 0.15) is 12.6 Å². The number of H-pyrrole nitrogens is 1. The molecule has 2 aliphatic heterocycles. The van der Waals surface area contributed by atoms with Gasteiger partial charge >= 0.3 is 5.97 Å². The van der Waals surface area contributed by atoms with E-state index in [4.69, 9.17) is 37.8 Å². The number of aromatic amines is 1. The zero-order valence-electron chi connectivity index (χ0n) is 21.2. The van der Waals surface area contributed by atoms with Crippen molar-refractivity contribution in [3.8, 4) is 0 Å². The number of fused-ring (bicyclic) bond motifs is 2. The van der Waals surface area contributed by atoms with Gasteiger partial charge in [-0.15, -0.1) is 0 Å². The van der Waals surface area contributed by atoms with Crippen molar-refractivity contribution in [2.45, 2.75) is 44.9 Å². The predicted molar refractivity (Wildman–Crippen MR) is 148 cm³/mol. The normalized spacial score (nSPS) is 20.0. The topological polar surface area (TPSA) is 141 Å². The summed E-state index contributed by atoms with van der Waals surface area (Å²) < 4.78 is 11.1. The quantitative estimate of drug-likeness (QED) is 0.116. The fourth-order valence-electron chi connectivity index (χ4n) is 4.30. The lowest BCUT2D eigenvalue weighted by molar-refractivity contribution is -0.146. The van der Waals surface area contributed by atoms with Crippen molar-refractivity contribution >= 4 is 40.7 Å². The molecule has 0 radical (unpaired) electrons. The Hall–Kier alpha value is -3.28. The number of amidine groups is 2. The fourth-order valence-corrected chi connectivity index (χ4v) is 4.52. The molecule has 1 aromatic heterocycles. The highest BCUT2D eigenvalue weighted by Crippen LogP contribution is 2.27. The van der Waals surface area contributed by atoms with E-state index < -0.39 is 12.0 Å². The van der Waals surface area contributed by atoms with Gasteiger partial charge in [-0.3, -0.25) is 10.2 Å². The van der Waals surface area contributed by atoms with Gasteiger partial charge in [-0.05, 0) is 67.4 Å². The summed E-state index contributed by atoms with van der Waals surface area (Å²) in [6.07, 6.45) is 4.45. The molecule has 0 unspecified atom stereocenters. The van der Waals surface area contributed by atoms with Crippen molar-refractivity contribution in [2.75, 3.05) is 31.6 Å². The van der Waals surface area contributed by atoms with Gasteiger partial charge < -0.3 is 35.7 Å². The first-order chi connectivity index (χ1) is 17.8. The molecule has 0 saturated carbocycles. The Morgan fingerprint density at radius 2 is 1.97 bits per heavy atom. The summed E-state index contributed by atoms with van der Waals surface area (Å²) in [5, 5.41) is 15.1. The number of aromatic nitrogens is 1. The number of thiocarbonyl (C=S) groups is 1. The number of carbonyl (C=O) groups is 1. The monoisotopic (exact) mass is 525 g/mol. The maximum atomic E-state index is 11.8. The summed E-state index contributed by atoms with van der Waals surface area (Å²) in [6, 6.07) is 10.6. The van der Waals surface area contributed by atoms with Crippen LogP contribution in [-0.4, -0.2) is 77.1 Å². The number of aliphatic imine (C=N–C) groups is 1. The lowest BCUT2D eigenvalue weighted by Crippen LogP contribution is -2.46. The number of benzene rings is 1. The standard InChI is InChI=1S/C26H35N7O3S/c1-16(2)22(27)25(34)35-13-12-30-26(37)31-18-7-5-17(6-8-18)23(28)32-24(21-4-3-11-29-21)33-14-19-9-10-20(15-33)36-19/h3-8,11,16,19-20,22,28-29H,9-10,12-15,27H2,1-2H3,(H2,30,31,37)/t19-,20-,22+/m0/s1. The SMILES string of the molecule is CC(C)[C@@H](N)C(=O)OCCNC(=S)Nc1ccc(C(=N)N=C(c2ccc[nH]2)N2C[C@@H]3CC[C@@H](C2)O3)cc1. The zero-order valence-corrected chi connectivity index (χ0v) is 22.0. The number of nitrogens with two attached hydrogens (primary N) is 1. The van der Waals surface area contributed by atoms with Crippen LogP contribution in [0.25, 0.3) is 0 Å². The van der Waals surface area contributed by atoms with Crippen molar-refractivity contribution < 1.29 is 14.3 Å². The number of likely N-dealkylation sites (tertiary alicyclic amines) is 1. The van der Waals surface area contributed by atoms with Gasteiger partial charge in [-0.25, -0.2) is 4.99 Å². The molecule has 6 N–H and O–H groups in total. The summed E-state index contributed by atoms with van der Waals surface area (Å²) in [4.78, 5) is 22.0. The van der Waals surface area contributed by atoms with E-state index in [1.54, 1.807) is 0 Å².